The summed E-state index contributed by atoms with van der Waals surface area (Å²) in [7, 11) is 0. The molecule has 4 aromatic rings. The van der Waals surface area contributed by atoms with Crippen LogP contribution in [0.25, 0.3) is 16.9 Å². The number of rotatable bonds is 6. The summed E-state index contributed by atoms with van der Waals surface area (Å²) < 4.78 is 84.8. The molecular formula is C30H24F6N6O3. The van der Waals surface area contributed by atoms with E-state index in [1.807, 2.05) is 4.90 Å². The number of amides is 2. The van der Waals surface area contributed by atoms with E-state index in [4.69, 9.17) is 0 Å². The maximum Gasteiger partial charge on any atom is 0.419 e. The number of carbonyl (C=O) groups is 2. The molecule has 0 bridgehead atoms. The Labute approximate surface area is 252 Å². The fourth-order valence-electron chi connectivity index (χ4n) is 5.74. The largest absolute Gasteiger partial charge is 0.435 e. The quantitative estimate of drug-likeness (QED) is 0.292. The predicted octanol–water partition coefficient (Wildman–Crippen LogP) is 5.26. The molecule has 0 atom stereocenters. The van der Waals surface area contributed by atoms with Crippen molar-refractivity contribution in [2.45, 2.75) is 31.2 Å². The highest BCUT2D eigenvalue weighted by atomic mass is 19.4. The van der Waals surface area contributed by atoms with Gasteiger partial charge in [-0.05, 0) is 67.4 Å². The van der Waals surface area contributed by atoms with E-state index in [0.29, 0.717) is 29.1 Å². The van der Waals surface area contributed by atoms with Crippen molar-refractivity contribution in [1.82, 2.24) is 25.0 Å². The highest BCUT2D eigenvalue weighted by Crippen LogP contribution is 2.38. The Kier molecular flexibility index (Phi) is 7.62. The summed E-state index contributed by atoms with van der Waals surface area (Å²) in [6.45, 7) is -2.45. The first-order valence-corrected chi connectivity index (χ1v) is 13.7. The van der Waals surface area contributed by atoms with Crippen LogP contribution in [0.2, 0.25) is 0 Å². The maximum absolute atomic E-state index is 14.5. The van der Waals surface area contributed by atoms with E-state index in [2.05, 4.69) is 20.1 Å². The lowest BCUT2D eigenvalue weighted by atomic mass is 9.85. The van der Waals surface area contributed by atoms with E-state index in [-0.39, 0.29) is 55.6 Å². The van der Waals surface area contributed by atoms with E-state index in [1.54, 1.807) is 24.3 Å². The monoisotopic (exact) mass is 630 g/mol. The number of aromatic nitrogens is 3. The first-order chi connectivity index (χ1) is 21.5. The van der Waals surface area contributed by atoms with Crippen LogP contribution >= 0.6 is 0 Å². The number of carbonyl (C=O) groups excluding carboxylic acids is 2. The number of likely N-dealkylation sites (tertiary alicyclic amines) is 1. The third-order valence-corrected chi connectivity index (χ3v) is 7.98. The van der Waals surface area contributed by atoms with Crippen molar-refractivity contribution in [3.8, 4) is 22.7 Å². The molecule has 0 unspecified atom stereocenters. The molecule has 2 amide bonds. The van der Waals surface area contributed by atoms with Gasteiger partial charge in [0.15, 0.2) is 5.69 Å². The highest BCUT2D eigenvalue weighted by molar-refractivity contribution is 5.96. The summed E-state index contributed by atoms with van der Waals surface area (Å²) in [6.07, 6.45) is -1.39. The van der Waals surface area contributed by atoms with Gasteiger partial charge < -0.3 is 19.9 Å². The Morgan fingerprint density at radius 1 is 1.00 bits per heavy atom. The zero-order chi connectivity index (χ0) is 31.9. The van der Waals surface area contributed by atoms with Crippen molar-refractivity contribution in [2.75, 3.05) is 24.7 Å². The average molecular weight is 631 g/mol. The van der Waals surface area contributed by atoms with Crippen molar-refractivity contribution in [1.29, 1.82) is 0 Å². The molecule has 234 valence electrons. The summed E-state index contributed by atoms with van der Waals surface area (Å²) >= 11 is 0. The molecule has 15 heteroatoms. The van der Waals surface area contributed by atoms with Gasteiger partial charge >= 0.3 is 12.8 Å². The van der Waals surface area contributed by atoms with E-state index in [0.717, 1.165) is 6.07 Å². The van der Waals surface area contributed by atoms with Gasteiger partial charge in [0.05, 0.1) is 23.6 Å². The van der Waals surface area contributed by atoms with Gasteiger partial charge in [-0.1, -0.05) is 0 Å². The molecular weight excluding hydrogens is 606 g/mol. The standard InChI is InChI=1S/C30H24F6N6O3/c31-23-14-20(5-8-22(23)30(34,35)36)42-25(18-2-1-11-37-16-18)15-24(39-42)26(43)40-12-9-29(10-13-40)27(44)38-17-41(29)19-3-6-21(7-4-19)45-28(32)33/h1-8,11,14-16,28H,9-10,12-13,17H2,(H,38,44). The Bertz CT molecular complexity index is 1720. The third-order valence-electron chi connectivity index (χ3n) is 7.98. The number of nitrogens with zero attached hydrogens (tertiary/aromatic N) is 5. The van der Waals surface area contributed by atoms with Crippen molar-refractivity contribution < 1.29 is 40.7 Å². The molecule has 45 heavy (non-hydrogen) atoms. The molecule has 1 spiro atoms. The molecule has 2 aromatic heterocycles. The second-order valence-electron chi connectivity index (χ2n) is 10.5. The number of alkyl halides is 5. The van der Waals surface area contributed by atoms with Crippen molar-refractivity contribution in [2.24, 2.45) is 0 Å². The van der Waals surface area contributed by atoms with Gasteiger partial charge in [-0.15, -0.1) is 0 Å². The second kappa shape index (κ2) is 11.4. The summed E-state index contributed by atoms with van der Waals surface area (Å²) in [5.74, 6) is -2.22. The van der Waals surface area contributed by atoms with Crippen molar-refractivity contribution in [3.05, 3.63) is 90.1 Å². The number of piperidine rings is 1. The van der Waals surface area contributed by atoms with Crippen LogP contribution in [0.1, 0.15) is 28.9 Å². The maximum atomic E-state index is 14.5. The summed E-state index contributed by atoms with van der Waals surface area (Å²) in [4.78, 5) is 34.1. The van der Waals surface area contributed by atoms with Gasteiger partial charge in [-0.25, -0.2) is 9.07 Å². The minimum absolute atomic E-state index is 0.0224. The number of halogens is 6. The van der Waals surface area contributed by atoms with Crippen LogP contribution in [-0.4, -0.2) is 63.4 Å². The van der Waals surface area contributed by atoms with Crippen molar-refractivity contribution >= 4 is 17.5 Å². The van der Waals surface area contributed by atoms with Gasteiger partial charge in [-0.3, -0.25) is 14.6 Å². The van der Waals surface area contributed by atoms with Crippen LogP contribution in [0.3, 0.4) is 0 Å². The third kappa shape index (κ3) is 5.65. The van der Waals surface area contributed by atoms with Gasteiger partial charge in [-0.2, -0.15) is 27.1 Å². The first kappa shape index (κ1) is 30.0. The minimum atomic E-state index is -4.89. The molecule has 1 N–H and O–H groups in total. The number of hydrogen-bond donors (Lipinski definition) is 1. The number of hydrogen-bond acceptors (Lipinski definition) is 6. The van der Waals surface area contributed by atoms with Crippen LogP contribution in [-0.2, 0) is 11.0 Å². The van der Waals surface area contributed by atoms with Crippen LogP contribution < -0.4 is 15.0 Å². The highest BCUT2D eigenvalue weighted by Gasteiger charge is 2.51. The lowest BCUT2D eigenvalue weighted by molar-refractivity contribution is -0.140. The number of anilines is 1. The van der Waals surface area contributed by atoms with Crippen molar-refractivity contribution in [3.63, 3.8) is 0 Å². The number of benzene rings is 2. The number of pyridine rings is 1. The zero-order valence-electron chi connectivity index (χ0n) is 23.3. The Hall–Kier alpha value is -5.08. The fourth-order valence-corrected chi connectivity index (χ4v) is 5.74. The Morgan fingerprint density at radius 2 is 1.71 bits per heavy atom. The van der Waals surface area contributed by atoms with E-state index >= 15 is 0 Å². The summed E-state index contributed by atoms with van der Waals surface area (Å²) in [6, 6.07) is 13.1. The normalized spacial score (nSPS) is 16.4. The molecule has 2 aromatic carbocycles. The molecule has 2 aliphatic heterocycles. The summed E-state index contributed by atoms with van der Waals surface area (Å²) in [5.41, 5.74) is -1.07. The smallest absolute Gasteiger partial charge is 0.419 e. The molecule has 2 fully saturated rings. The molecule has 2 saturated heterocycles. The molecule has 9 nitrogen and oxygen atoms in total. The van der Waals surface area contributed by atoms with Gasteiger partial charge in [0.1, 0.15) is 17.1 Å². The lowest BCUT2D eigenvalue weighted by Crippen LogP contribution is -2.57. The zero-order valence-corrected chi connectivity index (χ0v) is 23.3. The first-order valence-electron chi connectivity index (χ1n) is 13.7. The Balaban J connectivity index is 1.25. The molecule has 0 radical (unpaired) electrons. The van der Waals surface area contributed by atoms with Crippen LogP contribution in [0.15, 0.2) is 73.1 Å². The predicted molar refractivity (Wildman–Crippen MR) is 148 cm³/mol. The SMILES string of the molecule is O=C(c1cc(-c2cccnc2)n(-c2ccc(C(F)(F)F)c(F)c2)n1)N1CCC2(CC1)C(=O)NCN2c1ccc(OC(F)F)cc1. The second-order valence-corrected chi connectivity index (χ2v) is 10.5. The average Bonchev–Trinajstić information content (AvgIpc) is 3.59. The van der Waals surface area contributed by atoms with Gasteiger partial charge in [0.25, 0.3) is 5.91 Å². The molecule has 4 heterocycles. The lowest BCUT2D eigenvalue weighted by Gasteiger charge is -2.43. The summed E-state index contributed by atoms with van der Waals surface area (Å²) in [5, 5.41) is 7.18. The van der Waals surface area contributed by atoms with Crippen LogP contribution in [0, 0.1) is 5.82 Å². The molecule has 6 rings (SSSR count). The number of nitrogens with one attached hydrogen (secondary N) is 1. The minimum Gasteiger partial charge on any atom is -0.435 e. The molecule has 0 aliphatic carbocycles. The molecule has 2 aliphatic rings. The topological polar surface area (TPSA) is 92.6 Å². The van der Waals surface area contributed by atoms with E-state index < -0.39 is 35.6 Å². The number of ether oxygens (including phenoxy) is 1. The fraction of sp³-hybridized carbons (Fsp3) is 0.267. The van der Waals surface area contributed by atoms with Gasteiger partial charge in [0, 0.05) is 42.8 Å². The van der Waals surface area contributed by atoms with E-state index in [1.165, 1.54) is 40.2 Å². The molecule has 0 saturated carbocycles. The van der Waals surface area contributed by atoms with Gasteiger partial charge in [0.2, 0.25) is 5.91 Å². The van der Waals surface area contributed by atoms with Crippen LogP contribution in [0.5, 0.6) is 5.75 Å². The van der Waals surface area contributed by atoms with Crippen LogP contribution in [0.4, 0.5) is 32.0 Å². The van der Waals surface area contributed by atoms with E-state index in [9.17, 15) is 35.9 Å². The Morgan fingerprint density at radius 3 is 2.33 bits per heavy atom.